The van der Waals surface area contributed by atoms with Gasteiger partial charge in [-0.05, 0) is 36.6 Å². The summed E-state index contributed by atoms with van der Waals surface area (Å²) < 4.78 is 11.1. The van der Waals surface area contributed by atoms with Gasteiger partial charge in [-0.1, -0.05) is 24.3 Å². The van der Waals surface area contributed by atoms with Crippen LogP contribution in [0.15, 0.2) is 53.7 Å². The molecule has 2 N–H and O–H groups in total. The van der Waals surface area contributed by atoms with Gasteiger partial charge >= 0.3 is 0 Å². The summed E-state index contributed by atoms with van der Waals surface area (Å²) in [5.74, 6) is 1.37. The van der Waals surface area contributed by atoms with Crippen LogP contribution in [0.4, 0.5) is 0 Å². The van der Waals surface area contributed by atoms with Crippen LogP contribution < -0.4 is 10.6 Å². The standard InChI is InChI=1S/C22H30N4O2.HI/c1-23-22(25-11-5-12-27-16-19-9-13-28-17-19)26-15-18-6-4-7-20(14-18)21-8-2-3-10-24-21;/h2-4,6-8,10,14,19H,5,9,11-13,15-17H2,1H3,(H2,23,25,26);1H. The molecule has 1 atom stereocenters. The van der Waals surface area contributed by atoms with Crippen LogP contribution in [0.1, 0.15) is 18.4 Å². The number of ether oxygens (including phenoxy) is 2. The van der Waals surface area contributed by atoms with Gasteiger partial charge in [0, 0.05) is 51.0 Å². The fourth-order valence-electron chi connectivity index (χ4n) is 3.13. The first-order valence-corrected chi connectivity index (χ1v) is 9.95. The van der Waals surface area contributed by atoms with Crippen LogP contribution in [0.2, 0.25) is 0 Å². The van der Waals surface area contributed by atoms with Gasteiger partial charge in [0.05, 0.1) is 18.9 Å². The highest BCUT2D eigenvalue weighted by Gasteiger charge is 2.15. The van der Waals surface area contributed by atoms with Gasteiger partial charge in [-0.2, -0.15) is 0 Å². The smallest absolute Gasteiger partial charge is 0.191 e. The van der Waals surface area contributed by atoms with E-state index in [1.54, 1.807) is 7.05 Å². The zero-order chi connectivity index (χ0) is 19.4. The summed E-state index contributed by atoms with van der Waals surface area (Å²) in [4.78, 5) is 8.71. The predicted molar refractivity (Wildman–Crippen MR) is 128 cm³/mol. The average molecular weight is 510 g/mol. The molecule has 158 valence electrons. The van der Waals surface area contributed by atoms with E-state index in [2.05, 4.69) is 44.9 Å². The van der Waals surface area contributed by atoms with Crippen molar-refractivity contribution in [2.45, 2.75) is 19.4 Å². The predicted octanol–water partition coefficient (Wildman–Crippen LogP) is 3.47. The Kier molecular flexibility index (Phi) is 11.0. The highest BCUT2D eigenvalue weighted by atomic mass is 127. The Labute approximate surface area is 190 Å². The van der Waals surface area contributed by atoms with Crippen molar-refractivity contribution in [2.24, 2.45) is 10.9 Å². The number of guanidine groups is 1. The molecule has 0 spiro atoms. The molecule has 0 radical (unpaired) electrons. The highest BCUT2D eigenvalue weighted by molar-refractivity contribution is 14.0. The molecular weight excluding hydrogens is 479 g/mol. The number of hydrogen-bond acceptors (Lipinski definition) is 4. The minimum absolute atomic E-state index is 0. The Morgan fingerprint density at radius 3 is 2.93 bits per heavy atom. The zero-order valence-electron chi connectivity index (χ0n) is 17.0. The number of aliphatic imine (C=N–C) groups is 1. The largest absolute Gasteiger partial charge is 0.381 e. The van der Waals surface area contributed by atoms with Gasteiger partial charge in [-0.15, -0.1) is 24.0 Å². The molecule has 1 fully saturated rings. The first kappa shape index (κ1) is 23.6. The van der Waals surface area contributed by atoms with Crippen LogP contribution in [-0.2, 0) is 16.0 Å². The molecule has 2 heterocycles. The van der Waals surface area contributed by atoms with Gasteiger partial charge < -0.3 is 20.1 Å². The summed E-state index contributed by atoms with van der Waals surface area (Å²) in [6.07, 6.45) is 3.89. The van der Waals surface area contributed by atoms with Crippen LogP contribution >= 0.6 is 24.0 Å². The molecule has 0 amide bonds. The molecule has 1 saturated heterocycles. The molecule has 3 rings (SSSR count). The lowest BCUT2D eigenvalue weighted by atomic mass is 10.1. The van der Waals surface area contributed by atoms with Crippen molar-refractivity contribution in [3.8, 4) is 11.3 Å². The minimum atomic E-state index is 0. The van der Waals surface area contributed by atoms with Crippen LogP contribution in [-0.4, -0.2) is 51.0 Å². The fraction of sp³-hybridized carbons (Fsp3) is 0.455. The molecule has 0 bridgehead atoms. The lowest BCUT2D eigenvalue weighted by Gasteiger charge is -2.13. The molecule has 6 nitrogen and oxygen atoms in total. The Morgan fingerprint density at radius 1 is 1.24 bits per heavy atom. The Hall–Kier alpha value is -1.71. The van der Waals surface area contributed by atoms with E-state index in [0.29, 0.717) is 12.5 Å². The molecule has 0 aliphatic carbocycles. The third-order valence-electron chi connectivity index (χ3n) is 4.71. The van der Waals surface area contributed by atoms with Gasteiger partial charge in [-0.25, -0.2) is 0 Å². The van der Waals surface area contributed by atoms with Crippen LogP contribution in [0.25, 0.3) is 11.3 Å². The lowest BCUT2D eigenvalue weighted by Crippen LogP contribution is -2.37. The van der Waals surface area contributed by atoms with Gasteiger partial charge in [0.25, 0.3) is 0 Å². The Balaban J connectivity index is 0.00000300. The number of halogens is 1. The van der Waals surface area contributed by atoms with E-state index in [-0.39, 0.29) is 24.0 Å². The topological polar surface area (TPSA) is 67.8 Å². The van der Waals surface area contributed by atoms with Crippen molar-refractivity contribution in [2.75, 3.05) is 40.0 Å². The number of nitrogens with one attached hydrogen (secondary N) is 2. The van der Waals surface area contributed by atoms with E-state index in [0.717, 1.165) is 63.0 Å². The highest BCUT2D eigenvalue weighted by Crippen LogP contribution is 2.17. The summed E-state index contributed by atoms with van der Waals surface area (Å²) in [7, 11) is 1.79. The lowest BCUT2D eigenvalue weighted by molar-refractivity contribution is 0.0888. The number of nitrogens with zero attached hydrogens (tertiary/aromatic N) is 2. The summed E-state index contributed by atoms with van der Waals surface area (Å²) in [5, 5.41) is 6.70. The monoisotopic (exact) mass is 510 g/mol. The van der Waals surface area contributed by atoms with Crippen molar-refractivity contribution in [3.63, 3.8) is 0 Å². The van der Waals surface area contributed by atoms with Crippen LogP contribution in [0.5, 0.6) is 0 Å². The van der Waals surface area contributed by atoms with E-state index in [4.69, 9.17) is 9.47 Å². The third kappa shape index (κ3) is 8.28. The first-order valence-electron chi connectivity index (χ1n) is 9.95. The molecule has 2 aromatic rings. The minimum Gasteiger partial charge on any atom is -0.381 e. The maximum Gasteiger partial charge on any atom is 0.191 e. The SMILES string of the molecule is CN=C(NCCCOCC1CCOC1)NCc1cccc(-c2ccccn2)c1.I. The van der Waals surface area contributed by atoms with E-state index >= 15 is 0 Å². The molecule has 1 unspecified atom stereocenters. The van der Waals surface area contributed by atoms with Gasteiger partial charge in [0.1, 0.15) is 0 Å². The maximum atomic E-state index is 5.73. The van der Waals surface area contributed by atoms with Crippen molar-refractivity contribution in [1.82, 2.24) is 15.6 Å². The zero-order valence-corrected chi connectivity index (χ0v) is 19.3. The average Bonchev–Trinajstić information content (AvgIpc) is 3.27. The number of pyridine rings is 1. The second-order valence-electron chi connectivity index (χ2n) is 6.93. The third-order valence-corrected chi connectivity index (χ3v) is 4.71. The molecular formula is C22H31IN4O2. The second-order valence-corrected chi connectivity index (χ2v) is 6.93. The summed E-state index contributed by atoms with van der Waals surface area (Å²) in [6, 6.07) is 14.4. The Bertz CT molecular complexity index is 737. The van der Waals surface area contributed by atoms with Crippen molar-refractivity contribution in [1.29, 1.82) is 0 Å². The van der Waals surface area contributed by atoms with Crippen molar-refractivity contribution in [3.05, 3.63) is 54.2 Å². The second kappa shape index (κ2) is 13.5. The van der Waals surface area contributed by atoms with Crippen LogP contribution in [0, 0.1) is 5.92 Å². The first-order chi connectivity index (χ1) is 13.8. The van der Waals surface area contributed by atoms with Crippen molar-refractivity contribution < 1.29 is 9.47 Å². The quantitative estimate of drug-likeness (QED) is 0.234. The normalized spacial score (nSPS) is 16.3. The molecule has 7 heteroatoms. The van der Waals surface area contributed by atoms with E-state index in [1.165, 1.54) is 5.56 Å². The summed E-state index contributed by atoms with van der Waals surface area (Å²) >= 11 is 0. The number of benzene rings is 1. The molecule has 1 aromatic carbocycles. The fourth-order valence-corrected chi connectivity index (χ4v) is 3.13. The number of rotatable bonds is 9. The molecule has 1 aromatic heterocycles. The van der Waals surface area contributed by atoms with Gasteiger partial charge in [-0.3, -0.25) is 9.98 Å². The van der Waals surface area contributed by atoms with Crippen LogP contribution in [0.3, 0.4) is 0 Å². The van der Waals surface area contributed by atoms with Crippen molar-refractivity contribution >= 4 is 29.9 Å². The summed E-state index contributed by atoms with van der Waals surface area (Å²) in [6.45, 7) is 4.82. The molecule has 29 heavy (non-hydrogen) atoms. The maximum absolute atomic E-state index is 5.73. The van der Waals surface area contributed by atoms with Gasteiger partial charge in [0.15, 0.2) is 5.96 Å². The number of hydrogen-bond donors (Lipinski definition) is 2. The number of aromatic nitrogens is 1. The molecule has 0 saturated carbocycles. The van der Waals surface area contributed by atoms with E-state index in [9.17, 15) is 0 Å². The summed E-state index contributed by atoms with van der Waals surface area (Å²) in [5.41, 5.74) is 3.29. The van der Waals surface area contributed by atoms with E-state index in [1.807, 2.05) is 24.4 Å². The molecule has 1 aliphatic rings. The van der Waals surface area contributed by atoms with E-state index < -0.39 is 0 Å². The molecule has 1 aliphatic heterocycles. The Morgan fingerprint density at radius 2 is 2.17 bits per heavy atom. The van der Waals surface area contributed by atoms with Gasteiger partial charge in [0.2, 0.25) is 0 Å².